The van der Waals surface area contributed by atoms with Crippen LogP contribution in [0.1, 0.15) is 21.5 Å². The zero-order valence-electron chi connectivity index (χ0n) is 17.2. The van der Waals surface area contributed by atoms with Crippen molar-refractivity contribution in [1.29, 1.82) is 0 Å². The number of rotatable bonds is 8. The van der Waals surface area contributed by atoms with Gasteiger partial charge in [0.15, 0.2) is 0 Å². The molecular formula is C23H23ClN2O4S. The maximum Gasteiger partial charge on any atom is 0.262 e. The largest absolute Gasteiger partial charge is 0.492 e. The Hall–Kier alpha value is -3.03. The molecule has 0 atom stereocenters. The molecule has 0 heterocycles. The van der Waals surface area contributed by atoms with Crippen LogP contribution in [0, 0.1) is 13.8 Å². The summed E-state index contributed by atoms with van der Waals surface area (Å²) in [6.07, 6.45) is 0. The van der Waals surface area contributed by atoms with Crippen molar-refractivity contribution in [2.24, 2.45) is 0 Å². The quantitative estimate of drug-likeness (QED) is 0.484. The van der Waals surface area contributed by atoms with Crippen LogP contribution in [0.4, 0.5) is 5.69 Å². The maximum absolute atomic E-state index is 12.8. The minimum absolute atomic E-state index is 0.0505. The van der Waals surface area contributed by atoms with Gasteiger partial charge in [-0.1, -0.05) is 41.9 Å². The molecule has 0 saturated heterocycles. The van der Waals surface area contributed by atoms with E-state index >= 15 is 0 Å². The van der Waals surface area contributed by atoms with Crippen molar-refractivity contribution < 1.29 is 17.9 Å². The molecule has 3 aromatic carbocycles. The molecule has 0 radical (unpaired) electrons. The Balaban J connectivity index is 1.63. The number of carbonyl (C=O) groups excluding carboxylic acids is 1. The number of halogens is 1. The number of nitrogens with one attached hydrogen (secondary N) is 2. The Morgan fingerprint density at radius 1 is 0.968 bits per heavy atom. The zero-order chi connectivity index (χ0) is 22.4. The van der Waals surface area contributed by atoms with Crippen LogP contribution >= 0.6 is 11.6 Å². The van der Waals surface area contributed by atoms with E-state index in [1.807, 2.05) is 13.0 Å². The van der Waals surface area contributed by atoms with Crippen LogP contribution in [0.25, 0.3) is 0 Å². The lowest BCUT2D eigenvalue weighted by Gasteiger charge is -2.12. The standard InChI is InChI=1S/C23H23ClN2O4S/c1-16-9-11-20(15-21(16)24)30-13-12-25-23(27)18-10-8-17(2)22(14-18)31(28,29)26-19-6-4-3-5-7-19/h3-11,14-15,26H,12-13H2,1-2H3,(H,25,27). The third-order valence-corrected chi connectivity index (χ3v) is 6.50. The number of hydrogen-bond donors (Lipinski definition) is 2. The average Bonchev–Trinajstić information content (AvgIpc) is 2.74. The zero-order valence-corrected chi connectivity index (χ0v) is 18.8. The van der Waals surface area contributed by atoms with E-state index in [-0.39, 0.29) is 29.5 Å². The molecule has 2 N–H and O–H groups in total. The van der Waals surface area contributed by atoms with E-state index in [1.54, 1.807) is 61.5 Å². The molecule has 0 fully saturated rings. The van der Waals surface area contributed by atoms with Gasteiger partial charge in [0.25, 0.3) is 15.9 Å². The fourth-order valence-corrected chi connectivity index (χ4v) is 4.35. The molecule has 0 aliphatic carbocycles. The Kier molecular flexibility index (Phi) is 7.20. The molecule has 6 nitrogen and oxygen atoms in total. The van der Waals surface area contributed by atoms with E-state index in [4.69, 9.17) is 16.3 Å². The lowest BCUT2D eigenvalue weighted by molar-refractivity contribution is 0.0947. The summed E-state index contributed by atoms with van der Waals surface area (Å²) in [6, 6.07) is 18.5. The van der Waals surface area contributed by atoms with E-state index < -0.39 is 10.0 Å². The minimum atomic E-state index is -3.84. The molecule has 31 heavy (non-hydrogen) atoms. The fraction of sp³-hybridized carbons (Fsp3) is 0.174. The van der Waals surface area contributed by atoms with Gasteiger partial charge < -0.3 is 10.1 Å². The van der Waals surface area contributed by atoms with Gasteiger partial charge in [-0.25, -0.2) is 8.42 Å². The van der Waals surface area contributed by atoms with Crippen LogP contribution in [0.15, 0.2) is 71.6 Å². The minimum Gasteiger partial charge on any atom is -0.492 e. The summed E-state index contributed by atoms with van der Waals surface area (Å²) < 4.78 is 33.7. The van der Waals surface area contributed by atoms with Gasteiger partial charge in [-0.15, -0.1) is 0 Å². The van der Waals surface area contributed by atoms with Crippen molar-refractivity contribution >= 4 is 33.2 Å². The smallest absolute Gasteiger partial charge is 0.262 e. The van der Waals surface area contributed by atoms with Crippen molar-refractivity contribution in [3.8, 4) is 5.75 Å². The Morgan fingerprint density at radius 3 is 2.39 bits per heavy atom. The molecule has 162 valence electrons. The van der Waals surface area contributed by atoms with E-state index in [2.05, 4.69) is 10.0 Å². The highest BCUT2D eigenvalue weighted by atomic mass is 35.5. The highest BCUT2D eigenvalue weighted by molar-refractivity contribution is 7.92. The number of aryl methyl sites for hydroxylation is 2. The van der Waals surface area contributed by atoms with E-state index in [0.29, 0.717) is 22.0 Å². The normalized spacial score (nSPS) is 11.1. The summed E-state index contributed by atoms with van der Waals surface area (Å²) >= 11 is 6.07. The predicted molar refractivity (Wildman–Crippen MR) is 122 cm³/mol. The molecule has 1 amide bonds. The summed E-state index contributed by atoms with van der Waals surface area (Å²) in [5, 5.41) is 3.34. The average molecular weight is 459 g/mol. The number of sulfonamides is 1. The summed E-state index contributed by atoms with van der Waals surface area (Å²) in [5.41, 5.74) is 2.19. The van der Waals surface area contributed by atoms with Gasteiger partial charge in [-0.3, -0.25) is 9.52 Å². The molecule has 3 aromatic rings. The van der Waals surface area contributed by atoms with Crippen molar-refractivity contribution in [1.82, 2.24) is 5.32 Å². The van der Waals surface area contributed by atoms with Gasteiger partial charge in [0.05, 0.1) is 11.4 Å². The highest BCUT2D eigenvalue weighted by Crippen LogP contribution is 2.22. The molecule has 0 aliphatic rings. The second-order valence-corrected chi connectivity index (χ2v) is 9.03. The van der Waals surface area contributed by atoms with Crippen LogP contribution in [-0.2, 0) is 10.0 Å². The molecule has 0 bridgehead atoms. The summed E-state index contributed by atoms with van der Waals surface area (Å²) in [6.45, 7) is 4.08. The summed E-state index contributed by atoms with van der Waals surface area (Å²) in [7, 11) is -3.84. The van der Waals surface area contributed by atoms with E-state index in [9.17, 15) is 13.2 Å². The Labute approximate surface area is 187 Å². The molecule has 0 saturated carbocycles. The van der Waals surface area contributed by atoms with Gasteiger partial charge in [0.2, 0.25) is 0 Å². The molecular weight excluding hydrogens is 436 g/mol. The number of carbonyl (C=O) groups is 1. The van der Waals surface area contributed by atoms with Crippen molar-refractivity contribution in [2.75, 3.05) is 17.9 Å². The number of ether oxygens (including phenoxy) is 1. The second-order valence-electron chi connectivity index (χ2n) is 6.97. The highest BCUT2D eigenvalue weighted by Gasteiger charge is 2.19. The van der Waals surface area contributed by atoms with Crippen molar-refractivity contribution in [3.63, 3.8) is 0 Å². The third kappa shape index (κ3) is 5.99. The first-order valence-electron chi connectivity index (χ1n) is 9.62. The second kappa shape index (κ2) is 9.85. The van der Waals surface area contributed by atoms with Gasteiger partial charge in [0, 0.05) is 16.3 Å². The molecule has 0 aromatic heterocycles. The van der Waals surface area contributed by atoms with Gasteiger partial charge in [0.1, 0.15) is 12.4 Å². The third-order valence-electron chi connectivity index (χ3n) is 4.57. The first kappa shape index (κ1) is 22.7. The van der Waals surface area contributed by atoms with Crippen LogP contribution in [0.2, 0.25) is 5.02 Å². The Morgan fingerprint density at radius 2 is 1.68 bits per heavy atom. The van der Waals surface area contributed by atoms with Crippen molar-refractivity contribution in [3.05, 3.63) is 88.4 Å². The molecule has 3 rings (SSSR count). The van der Waals surface area contributed by atoms with Crippen LogP contribution in [-0.4, -0.2) is 27.5 Å². The number of para-hydroxylation sites is 1. The lowest BCUT2D eigenvalue weighted by atomic mass is 10.1. The fourth-order valence-electron chi connectivity index (χ4n) is 2.85. The molecule has 0 unspecified atom stereocenters. The molecule has 0 spiro atoms. The number of benzene rings is 3. The van der Waals surface area contributed by atoms with Crippen LogP contribution < -0.4 is 14.8 Å². The molecule has 0 aliphatic heterocycles. The van der Waals surface area contributed by atoms with Crippen molar-refractivity contribution in [2.45, 2.75) is 18.7 Å². The van der Waals surface area contributed by atoms with E-state index in [0.717, 1.165) is 5.56 Å². The Bertz CT molecular complexity index is 1180. The monoisotopic (exact) mass is 458 g/mol. The first-order chi connectivity index (χ1) is 14.8. The lowest BCUT2D eigenvalue weighted by Crippen LogP contribution is -2.28. The van der Waals surface area contributed by atoms with Gasteiger partial charge >= 0.3 is 0 Å². The SMILES string of the molecule is Cc1ccc(OCCNC(=O)c2ccc(C)c(S(=O)(=O)Nc3ccccc3)c2)cc1Cl. The first-order valence-corrected chi connectivity index (χ1v) is 11.5. The van der Waals surface area contributed by atoms with Crippen LogP contribution in [0.3, 0.4) is 0 Å². The number of anilines is 1. The van der Waals surface area contributed by atoms with Crippen LogP contribution in [0.5, 0.6) is 5.75 Å². The van der Waals surface area contributed by atoms with Gasteiger partial charge in [-0.05, 0) is 61.4 Å². The predicted octanol–water partition coefficient (Wildman–Crippen LogP) is 4.57. The number of amides is 1. The summed E-state index contributed by atoms with van der Waals surface area (Å²) in [5.74, 6) is 0.224. The van der Waals surface area contributed by atoms with Gasteiger partial charge in [-0.2, -0.15) is 0 Å². The number of hydrogen-bond acceptors (Lipinski definition) is 4. The molecule has 8 heteroatoms. The van der Waals surface area contributed by atoms with E-state index in [1.165, 1.54) is 6.07 Å². The maximum atomic E-state index is 12.8. The topological polar surface area (TPSA) is 84.5 Å². The summed E-state index contributed by atoms with van der Waals surface area (Å²) in [4.78, 5) is 12.6.